The van der Waals surface area contributed by atoms with Gasteiger partial charge in [0.1, 0.15) is 4.88 Å². The molecule has 0 bridgehead atoms. The molecule has 1 rings (SSSR count). The molecule has 1 aromatic rings. The monoisotopic (exact) mass is 233 g/mol. The summed E-state index contributed by atoms with van der Waals surface area (Å²) in [5.74, 6) is -0.400. The third-order valence-electron chi connectivity index (χ3n) is 1.38. The fourth-order valence-electron chi connectivity index (χ4n) is 0.742. The normalized spacial score (nSPS) is 11.4. The molecule has 76 valence electrons. The van der Waals surface area contributed by atoms with Crippen LogP contribution in [0.5, 0.6) is 0 Å². The minimum absolute atomic E-state index is 0.0104. The third kappa shape index (κ3) is 2.61. The molecule has 7 heteroatoms. The molecule has 0 fully saturated rings. The van der Waals surface area contributed by atoms with E-state index in [0.717, 1.165) is 0 Å². The highest BCUT2D eigenvalue weighted by molar-refractivity contribution is 7.12. The minimum atomic E-state index is -0.336. The van der Waals surface area contributed by atoms with Gasteiger partial charge in [-0.3, -0.25) is 4.79 Å². The Bertz CT molecular complexity index is 364. The molecule has 1 heterocycles. The molecular formula is C7H8ClN3O2S. The van der Waals surface area contributed by atoms with E-state index in [4.69, 9.17) is 22.5 Å². The van der Waals surface area contributed by atoms with Crippen LogP contribution < -0.4 is 11.1 Å². The molecule has 0 unspecified atom stereocenters. The molecule has 0 aliphatic rings. The summed E-state index contributed by atoms with van der Waals surface area (Å²) in [6.07, 6.45) is 0. The van der Waals surface area contributed by atoms with Crippen LogP contribution >= 0.6 is 22.9 Å². The van der Waals surface area contributed by atoms with Gasteiger partial charge in [-0.2, -0.15) is 0 Å². The van der Waals surface area contributed by atoms with Gasteiger partial charge < -0.3 is 16.3 Å². The largest absolute Gasteiger partial charge is 0.409 e. The maximum Gasteiger partial charge on any atom is 0.263 e. The third-order valence-corrected chi connectivity index (χ3v) is 2.72. The van der Waals surface area contributed by atoms with Gasteiger partial charge in [0.15, 0.2) is 5.84 Å². The summed E-state index contributed by atoms with van der Waals surface area (Å²) >= 11 is 6.95. The maximum atomic E-state index is 11.4. The highest BCUT2D eigenvalue weighted by atomic mass is 35.5. The van der Waals surface area contributed by atoms with Gasteiger partial charge in [0.25, 0.3) is 5.91 Å². The Hall–Kier alpha value is -1.27. The predicted molar refractivity (Wildman–Crippen MR) is 55.1 cm³/mol. The first-order chi connectivity index (χ1) is 6.65. The smallest absolute Gasteiger partial charge is 0.263 e. The van der Waals surface area contributed by atoms with E-state index in [2.05, 4.69) is 10.5 Å². The molecule has 0 saturated carbocycles. The van der Waals surface area contributed by atoms with Gasteiger partial charge >= 0.3 is 0 Å². The van der Waals surface area contributed by atoms with Crippen molar-refractivity contribution in [3.63, 3.8) is 0 Å². The van der Waals surface area contributed by atoms with E-state index in [0.29, 0.717) is 9.90 Å². The second-order valence-electron chi connectivity index (χ2n) is 2.37. The van der Waals surface area contributed by atoms with Crippen LogP contribution in [0.1, 0.15) is 9.67 Å². The van der Waals surface area contributed by atoms with Crippen LogP contribution in [0.15, 0.2) is 16.6 Å². The fraction of sp³-hybridized carbons (Fsp3) is 0.143. The number of nitrogens with two attached hydrogens (primary N) is 1. The summed E-state index contributed by atoms with van der Waals surface area (Å²) in [4.78, 5) is 11.8. The molecule has 14 heavy (non-hydrogen) atoms. The average molecular weight is 234 g/mol. The Morgan fingerprint density at radius 1 is 1.79 bits per heavy atom. The highest BCUT2D eigenvalue weighted by Gasteiger charge is 2.11. The first-order valence-electron chi connectivity index (χ1n) is 3.62. The number of nitrogens with zero attached hydrogens (tertiary/aromatic N) is 1. The summed E-state index contributed by atoms with van der Waals surface area (Å²) in [6.45, 7) is -0.0104. The van der Waals surface area contributed by atoms with E-state index in [1.807, 2.05) is 0 Å². The topological polar surface area (TPSA) is 87.7 Å². The molecule has 1 amide bonds. The zero-order valence-electron chi connectivity index (χ0n) is 7.03. The summed E-state index contributed by atoms with van der Waals surface area (Å²) in [5.41, 5.74) is 5.17. The number of halogens is 1. The SMILES string of the molecule is N/C(CNC(=O)c1sccc1Cl)=N/O. The standard InChI is InChI=1S/C7H8ClN3O2S/c8-4-1-2-14-6(4)7(12)10-3-5(9)11-13/h1-2,13H,3H2,(H2,9,11)(H,10,12). The van der Waals surface area contributed by atoms with Crippen LogP contribution in [0.2, 0.25) is 5.02 Å². The first-order valence-corrected chi connectivity index (χ1v) is 4.88. The lowest BCUT2D eigenvalue weighted by Crippen LogP contribution is -2.33. The van der Waals surface area contributed by atoms with Crippen LogP contribution in [0.3, 0.4) is 0 Å². The van der Waals surface area contributed by atoms with Crippen molar-refractivity contribution < 1.29 is 10.0 Å². The van der Waals surface area contributed by atoms with Crippen LogP contribution in [0.25, 0.3) is 0 Å². The first kappa shape index (κ1) is 10.8. The van der Waals surface area contributed by atoms with Crippen molar-refractivity contribution in [1.82, 2.24) is 5.32 Å². The lowest BCUT2D eigenvalue weighted by molar-refractivity contribution is 0.0963. The Morgan fingerprint density at radius 2 is 2.50 bits per heavy atom. The van der Waals surface area contributed by atoms with E-state index in [-0.39, 0.29) is 18.3 Å². The Kier molecular flexibility index (Phi) is 3.73. The van der Waals surface area contributed by atoms with Crippen LogP contribution in [0.4, 0.5) is 0 Å². The zero-order chi connectivity index (χ0) is 10.6. The number of thiophene rings is 1. The minimum Gasteiger partial charge on any atom is -0.409 e. The second-order valence-corrected chi connectivity index (χ2v) is 3.69. The van der Waals surface area contributed by atoms with Gasteiger partial charge in [0.05, 0.1) is 11.6 Å². The Balaban J connectivity index is 2.56. The number of amides is 1. The molecule has 5 nitrogen and oxygen atoms in total. The fourth-order valence-corrected chi connectivity index (χ4v) is 1.80. The number of hydrogen-bond acceptors (Lipinski definition) is 4. The summed E-state index contributed by atoms with van der Waals surface area (Å²) in [6, 6.07) is 1.63. The van der Waals surface area contributed by atoms with Crippen LogP contribution in [-0.2, 0) is 0 Å². The number of rotatable bonds is 3. The number of hydrogen-bond donors (Lipinski definition) is 3. The number of amidine groups is 1. The molecule has 0 aromatic carbocycles. The van der Waals surface area contributed by atoms with E-state index in [9.17, 15) is 4.79 Å². The van der Waals surface area contributed by atoms with Gasteiger partial charge in [-0.25, -0.2) is 0 Å². The highest BCUT2D eigenvalue weighted by Crippen LogP contribution is 2.21. The van der Waals surface area contributed by atoms with Gasteiger partial charge in [-0.15, -0.1) is 11.3 Å². The van der Waals surface area contributed by atoms with E-state index < -0.39 is 0 Å². The van der Waals surface area contributed by atoms with Crippen molar-refractivity contribution in [2.24, 2.45) is 10.9 Å². The van der Waals surface area contributed by atoms with Gasteiger partial charge in [0, 0.05) is 0 Å². The summed E-state index contributed by atoms with van der Waals surface area (Å²) in [5, 5.41) is 15.5. The number of carbonyl (C=O) groups is 1. The lowest BCUT2D eigenvalue weighted by Gasteiger charge is -2.01. The number of nitrogens with one attached hydrogen (secondary N) is 1. The summed E-state index contributed by atoms with van der Waals surface area (Å²) in [7, 11) is 0. The van der Waals surface area contributed by atoms with Crippen molar-refractivity contribution in [2.45, 2.75) is 0 Å². The number of oxime groups is 1. The van der Waals surface area contributed by atoms with Crippen molar-refractivity contribution in [2.75, 3.05) is 6.54 Å². The summed E-state index contributed by atoms with van der Waals surface area (Å²) < 4.78 is 0. The van der Waals surface area contributed by atoms with Gasteiger partial charge in [-0.1, -0.05) is 16.8 Å². The molecule has 0 spiro atoms. The van der Waals surface area contributed by atoms with Crippen molar-refractivity contribution in [3.05, 3.63) is 21.3 Å². The van der Waals surface area contributed by atoms with Gasteiger partial charge in [0.2, 0.25) is 0 Å². The van der Waals surface area contributed by atoms with Crippen LogP contribution in [-0.4, -0.2) is 23.5 Å². The van der Waals surface area contributed by atoms with Crippen molar-refractivity contribution in [1.29, 1.82) is 0 Å². The lowest BCUT2D eigenvalue weighted by atomic mass is 10.4. The molecule has 0 saturated heterocycles. The molecule has 4 N–H and O–H groups in total. The Morgan fingerprint density at radius 3 is 3.00 bits per heavy atom. The van der Waals surface area contributed by atoms with E-state index in [1.54, 1.807) is 11.4 Å². The van der Waals surface area contributed by atoms with Crippen molar-refractivity contribution >= 4 is 34.7 Å². The van der Waals surface area contributed by atoms with Crippen molar-refractivity contribution in [3.8, 4) is 0 Å². The predicted octanol–water partition coefficient (Wildman–Crippen LogP) is 0.878. The molecule has 0 aliphatic carbocycles. The van der Waals surface area contributed by atoms with E-state index >= 15 is 0 Å². The van der Waals surface area contributed by atoms with E-state index in [1.165, 1.54) is 11.3 Å². The molecule has 0 atom stereocenters. The van der Waals surface area contributed by atoms with Crippen LogP contribution in [0, 0.1) is 0 Å². The Labute approximate surface area is 89.2 Å². The number of carbonyl (C=O) groups excluding carboxylic acids is 1. The van der Waals surface area contributed by atoms with Gasteiger partial charge in [-0.05, 0) is 11.4 Å². The average Bonchev–Trinajstić information content (AvgIpc) is 2.60. The molecule has 1 aromatic heterocycles. The maximum absolute atomic E-state index is 11.4. The molecule has 0 aliphatic heterocycles. The second kappa shape index (κ2) is 4.83. The quantitative estimate of drug-likeness (QED) is 0.313. The molecule has 0 radical (unpaired) electrons. The zero-order valence-corrected chi connectivity index (χ0v) is 8.60. The molecular weight excluding hydrogens is 226 g/mol.